The lowest BCUT2D eigenvalue weighted by atomic mass is 9.49. The van der Waals surface area contributed by atoms with Crippen LogP contribution in [0.1, 0.15) is 64.2 Å². The van der Waals surface area contributed by atoms with Crippen molar-refractivity contribution in [3.05, 3.63) is 30.3 Å². The number of rotatable bonds is 7. The zero-order chi connectivity index (χ0) is 21.3. The SMILES string of the molecule is O=C(CCCOc1ccccc1)NC1CCN(C(=O)C23CC4CC(CC(C4)C2)C3)CC1. The topological polar surface area (TPSA) is 58.6 Å². The van der Waals surface area contributed by atoms with E-state index < -0.39 is 0 Å². The first kappa shape index (κ1) is 20.8. The van der Waals surface area contributed by atoms with Gasteiger partial charge in [0.05, 0.1) is 12.0 Å². The zero-order valence-corrected chi connectivity index (χ0v) is 18.6. The van der Waals surface area contributed by atoms with E-state index >= 15 is 0 Å². The Morgan fingerprint density at radius 2 is 1.58 bits per heavy atom. The Bertz CT molecular complexity index is 750. The Labute approximate surface area is 185 Å². The van der Waals surface area contributed by atoms with Crippen LogP contribution in [-0.2, 0) is 9.59 Å². The average molecular weight is 425 g/mol. The molecule has 5 nitrogen and oxygen atoms in total. The minimum absolute atomic E-state index is 0.0381. The van der Waals surface area contributed by atoms with Crippen LogP contribution in [0.5, 0.6) is 5.75 Å². The predicted molar refractivity (Wildman–Crippen MR) is 120 cm³/mol. The number of nitrogens with one attached hydrogen (secondary N) is 1. The fourth-order valence-corrected chi connectivity index (χ4v) is 7.17. The van der Waals surface area contributed by atoms with Crippen molar-refractivity contribution < 1.29 is 14.3 Å². The largest absolute Gasteiger partial charge is 0.494 e. The van der Waals surface area contributed by atoms with Gasteiger partial charge in [0.1, 0.15) is 5.75 Å². The molecule has 1 saturated heterocycles. The molecule has 5 fully saturated rings. The Hall–Kier alpha value is -2.04. The van der Waals surface area contributed by atoms with Crippen molar-refractivity contribution in [1.29, 1.82) is 0 Å². The van der Waals surface area contributed by atoms with Gasteiger partial charge in [-0.2, -0.15) is 0 Å². The maximum Gasteiger partial charge on any atom is 0.228 e. The summed E-state index contributed by atoms with van der Waals surface area (Å²) in [5.74, 6) is 3.80. The summed E-state index contributed by atoms with van der Waals surface area (Å²) in [7, 11) is 0. The monoisotopic (exact) mass is 424 g/mol. The van der Waals surface area contributed by atoms with Gasteiger partial charge in [-0.05, 0) is 87.7 Å². The van der Waals surface area contributed by atoms with Gasteiger partial charge >= 0.3 is 0 Å². The van der Waals surface area contributed by atoms with E-state index in [2.05, 4.69) is 10.2 Å². The molecule has 4 saturated carbocycles. The molecule has 4 aliphatic carbocycles. The molecule has 0 spiro atoms. The second kappa shape index (κ2) is 8.84. The Kier molecular flexibility index (Phi) is 5.94. The molecule has 5 heteroatoms. The summed E-state index contributed by atoms with van der Waals surface area (Å²) >= 11 is 0. The third kappa shape index (κ3) is 4.61. The fraction of sp³-hybridized carbons (Fsp3) is 0.692. The van der Waals surface area contributed by atoms with Gasteiger partial charge in [0.2, 0.25) is 11.8 Å². The number of amides is 2. The van der Waals surface area contributed by atoms with Crippen LogP contribution in [0, 0.1) is 23.2 Å². The van der Waals surface area contributed by atoms with Crippen LogP contribution in [0.2, 0.25) is 0 Å². The van der Waals surface area contributed by atoms with Crippen LogP contribution in [0.15, 0.2) is 30.3 Å². The highest BCUT2D eigenvalue weighted by Gasteiger charge is 2.55. The number of benzene rings is 1. The Morgan fingerprint density at radius 3 is 2.19 bits per heavy atom. The molecule has 1 aliphatic heterocycles. The van der Waals surface area contributed by atoms with E-state index in [1.54, 1.807) is 0 Å². The molecule has 168 valence electrons. The van der Waals surface area contributed by atoms with E-state index in [9.17, 15) is 9.59 Å². The molecule has 0 aromatic heterocycles. The molecule has 31 heavy (non-hydrogen) atoms. The number of nitrogens with zero attached hydrogens (tertiary/aromatic N) is 1. The van der Waals surface area contributed by atoms with Gasteiger partial charge in [-0.25, -0.2) is 0 Å². The van der Waals surface area contributed by atoms with Crippen LogP contribution >= 0.6 is 0 Å². The van der Waals surface area contributed by atoms with Crippen LogP contribution in [-0.4, -0.2) is 42.5 Å². The predicted octanol–water partition coefficient (Wildman–Crippen LogP) is 4.17. The van der Waals surface area contributed by atoms with Crippen molar-refractivity contribution in [2.45, 2.75) is 70.3 Å². The minimum Gasteiger partial charge on any atom is -0.494 e. The van der Waals surface area contributed by atoms with E-state index in [0.717, 1.165) is 68.7 Å². The van der Waals surface area contributed by atoms with Gasteiger partial charge in [0.25, 0.3) is 0 Å². The van der Waals surface area contributed by atoms with Crippen LogP contribution in [0.3, 0.4) is 0 Å². The van der Waals surface area contributed by atoms with E-state index in [1.807, 2.05) is 30.3 Å². The standard InChI is InChI=1S/C26H36N2O3/c29-24(7-4-12-31-23-5-2-1-3-6-23)27-22-8-10-28(11-9-22)25(30)26-16-19-13-20(17-26)15-21(14-19)18-26/h1-3,5-6,19-22H,4,7-18H2,(H,27,29). The highest BCUT2D eigenvalue weighted by Crippen LogP contribution is 2.60. The quantitative estimate of drug-likeness (QED) is 0.669. The average Bonchev–Trinajstić information content (AvgIpc) is 2.77. The van der Waals surface area contributed by atoms with Gasteiger partial charge in [-0.3, -0.25) is 9.59 Å². The van der Waals surface area contributed by atoms with E-state index in [-0.39, 0.29) is 17.4 Å². The van der Waals surface area contributed by atoms with Crippen LogP contribution in [0.25, 0.3) is 0 Å². The summed E-state index contributed by atoms with van der Waals surface area (Å²) in [5, 5.41) is 3.18. The normalized spacial score (nSPS) is 32.1. The molecule has 2 amide bonds. The number of para-hydroxylation sites is 1. The molecule has 1 N–H and O–H groups in total. The number of carbonyl (C=O) groups excluding carboxylic acids is 2. The molecule has 1 aromatic carbocycles. The van der Waals surface area contributed by atoms with Gasteiger partial charge in [-0.15, -0.1) is 0 Å². The van der Waals surface area contributed by atoms with Gasteiger partial charge in [-0.1, -0.05) is 18.2 Å². The van der Waals surface area contributed by atoms with Crippen molar-refractivity contribution in [1.82, 2.24) is 10.2 Å². The van der Waals surface area contributed by atoms with Crippen LogP contribution in [0.4, 0.5) is 0 Å². The smallest absolute Gasteiger partial charge is 0.228 e. The first-order chi connectivity index (χ1) is 15.1. The summed E-state index contributed by atoms with van der Waals surface area (Å²) in [6.07, 6.45) is 10.5. The highest BCUT2D eigenvalue weighted by atomic mass is 16.5. The molecule has 0 unspecified atom stereocenters. The second-order valence-corrected chi connectivity index (χ2v) is 10.6. The lowest BCUT2D eigenvalue weighted by molar-refractivity contribution is -0.158. The first-order valence-electron chi connectivity index (χ1n) is 12.4. The molecular formula is C26H36N2O3. The summed E-state index contributed by atoms with van der Waals surface area (Å²) in [6.45, 7) is 2.14. The Morgan fingerprint density at radius 1 is 0.968 bits per heavy atom. The van der Waals surface area contributed by atoms with E-state index in [0.29, 0.717) is 25.4 Å². The third-order valence-corrected chi connectivity index (χ3v) is 8.20. The summed E-state index contributed by atoms with van der Waals surface area (Å²) in [5.41, 5.74) is -0.0381. The van der Waals surface area contributed by atoms with Crippen molar-refractivity contribution >= 4 is 11.8 Å². The molecule has 4 bridgehead atoms. The molecule has 1 heterocycles. The van der Waals surface area contributed by atoms with Gasteiger partial charge < -0.3 is 15.0 Å². The van der Waals surface area contributed by atoms with Crippen molar-refractivity contribution in [3.63, 3.8) is 0 Å². The molecule has 1 aromatic rings. The van der Waals surface area contributed by atoms with Crippen molar-refractivity contribution in [3.8, 4) is 5.75 Å². The Balaban J connectivity index is 1.03. The lowest BCUT2D eigenvalue weighted by Gasteiger charge is -2.57. The number of likely N-dealkylation sites (tertiary alicyclic amines) is 1. The van der Waals surface area contributed by atoms with Gasteiger partial charge in [0.15, 0.2) is 0 Å². The number of carbonyl (C=O) groups is 2. The summed E-state index contributed by atoms with van der Waals surface area (Å²) in [6, 6.07) is 9.91. The van der Waals surface area contributed by atoms with Crippen molar-refractivity contribution in [2.75, 3.05) is 19.7 Å². The first-order valence-corrected chi connectivity index (χ1v) is 12.4. The molecule has 0 atom stereocenters. The van der Waals surface area contributed by atoms with Crippen LogP contribution < -0.4 is 10.1 Å². The summed E-state index contributed by atoms with van der Waals surface area (Å²) < 4.78 is 5.66. The highest BCUT2D eigenvalue weighted by molar-refractivity contribution is 5.83. The van der Waals surface area contributed by atoms with E-state index in [4.69, 9.17) is 4.74 Å². The minimum atomic E-state index is -0.0381. The maximum absolute atomic E-state index is 13.5. The van der Waals surface area contributed by atoms with Crippen molar-refractivity contribution in [2.24, 2.45) is 23.2 Å². The second-order valence-electron chi connectivity index (χ2n) is 10.6. The molecular weight excluding hydrogens is 388 g/mol. The fourth-order valence-electron chi connectivity index (χ4n) is 7.17. The lowest BCUT2D eigenvalue weighted by Crippen LogP contribution is -2.56. The molecule has 5 aliphatic rings. The molecule has 0 radical (unpaired) electrons. The van der Waals surface area contributed by atoms with Gasteiger partial charge in [0, 0.05) is 25.6 Å². The number of hydrogen-bond acceptors (Lipinski definition) is 3. The molecule has 6 rings (SSSR count). The maximum atomic E-state index is 13.5. The van der Waals surface area contributed by atoms with E-state index in [1.165, 1.54) is 19.3 Å². The number of hydrogen-bond donors (Lipinski definition) is 1. The number of piperidine rings is 1. The third-order valence-electron chi connectivity index (χ3n) is 8.20. The summed E-state index contributed by atoms with van der Waals surface area (Å²) in [4.78, 5) is 27.9. The zero-order valence-electron chi connectivity index (χ0n) is 18.6. The number of ether oxygens (including phenoxy) is 1.